The summed E-state index contributed by atoms with van der Waals surface area (Å²) in [7, 11) is 0. The number of amides is 3. The van der Waals surface area contributed by atoms with Gasteiger partial charge in [0.2, 0.25) is 5.91 Å². The molecular weight excluding hydrogens is 328 g/mol. The van der Waals surface area contributed by atoms with Crippen molar-refractivity contribution in [2.24, 2.45) is 0 Å². The fourth-order valence-electron chi connectivity index (χ4n) is 3.05. The number of urea groups is 1. The van der Waals surface area contributed by atoms with Gasteiger partial charge in [-0.15, -0.1) is 11.3 Å². The Morgan fingerprint density at radius 2 is 1.71 bits per heavy atom. The van der Waals surface area contributed by atoms with Gasteiger partial charge in [0.25, 0.3) is 0 Å². The van der Waals surface area contributed by atoms with Crippen LogP contribution < -0.4 is 0 Å². The van der Waals surface area contributed by atoms with Gasteiger partial charge in [-0.1, -0.05) is 0 Å². The minimum Gasteiger partial charge on any atom is -0.378 e. The zero-order chi connectivity index (χ0) is 16.9. The predicted molar refractivity (Wildman–Crippen MR) is 91.1 cm³/mol. The lowest BCUT2D eigenvalue weighted by Crippen LogP contribution is -2.55. The first kappa shape index (κ1) is 17.2. The number of morpholine rings is 1. The number of nitrogens with zero attached hydrogens (tertiary/aromatic N) is 4. The third-order valence-electron chi connectivity index (χ3n) is 4.60. The van der Waals surface area contributed by atoms with E-state index in [0.717, 1.165) is 12.1 Å². The monoisotopic (exact) mass is 352 g/mol. The van der Waals surface area contributed by atoms with Gasteiger partial charge in [0, 0.05) is 50.6 Å². The van der Waals surface area contributed by atoms with Crippen LogP contribution in [0.3, 0.4) is 0 Å². The van der Waals surface area contributed by atoms with Crippen molar-refractivity contribution in [1.82, 2.24) is 19.7 Å². The van der Waals surface area contributed by atoms with E-state index in [1.165, 1.54) is 4.88 Å². The highest BCUT2D eigenvalue weighted by Gasteiger charge is 2.27. The van der Waals surface area contributed by atoms with Gasteiger partial charge in [0.05, 0.1) is 24.4 Å². The fraction of sp³-hybridized carbons (Fsp3) is 0.688. The van der Waals surface area contributed by atoms with E-state index in [1.54, 1.807) is 11.3 Å². The molecule has 0 aliphatic carbocycles. The first-order valence-electron chi connectivity index (χ1n) is 8.43. The number of carbonyl (C=O) groups is 2. The molecule has 132 valence electrons. The van der Waals surface area contributed by atoms with Crippen LogP contribution in [0.1, 0.15) is 17.0 Å². The number of aryl methyl sites for hydroxylation is 2. The van der Waals surface area contributed by atoms with Crippen LogP contribution in [-0.4, -0.2) is 84.1 Å². The van der Waals surface area contributed by atoms with Crippen molar-refractivity contribution in [2.75, 3.05) is 52.5 Å². The van der Waals surface area contributed by atoms with Gasteiger partial charge in [-0.2, -0.15) is 0 Å². The Hall–Kier alpha value is -1.67. The van der Waals surface area contributed by atoms with Gasteiger partial charge in [0.1, 0.15) is 0 Å². The van der Waals surface area contributed by atoms with E-state index in [1.807, 2.05) is 27.1 Å². The van der Waals surface area contributed by atoms with Crippen molar-refractivity contribution < 1.29 is 14.3 Å². The second-order valence-electron chi connectivity index (χ2n) is 6.11. The van der Waals surface area contributed by atoms with Crippen LogP contribution in [0.5, 0.6) is 0 Å². The van der Waals surface area contributed by atoms with E-state index in [4.69, 9.17) is 4.74 Å². The molecule has 0 atom stereocenters. The summed E-state index contributed by atoms with van der Waals surface area (Å²) in [5, 5.41) is 0. The molecule has 2 aliphatic rings. The van der Waals surface area contributed by atoms with Gasteiger partial charge >= 0.3 is 6.03 Å². The van der Waals surface area contributed by atoms with Crippen LogP contribution in [0, 0.1) is 6.92 Å². The summed E-state index contributed by atoms with van der Waals surface area (Å²) in [4.78, 5) is 35.8. The molecule has 2 saturated heterocycles. The molecule has 1 aromatic heterocycles. The second kappa shape index (κ2) is 7.94. The maximum absolute atomic E-state index is 12.4. The van der Waals surface area contributed by atoms with E-state index < -0.39 is 0 Å². The molecule has 0 radical (unpaired) electrons. The Morgan fingerprint density at radius 3 is 2.33 bits per heavy atom. The maximum atomic E-state index is 12.4. The van der Waals surface area contributed by atoms with Gasteiger partial charge in [0.15, 0.2) is 0 Å². The van der Waals surface area contributed by atoms with E-state index in [-0.39, 0.29) is 11.9 Å². The number of ether oxygens (including phenoxy) is 1. The van der Waals surface area contributed by atoms with Crippen molar-refractivity contribution in [3.05, 3.63) is 16.1 Å². The van der Waals surface area contributed by atoms with E-state index >= 15 is 0 Å². The highest BCUT2D eigenvalue weighted by Crippen LogP contribution is 2.16. The standard InChI is InChI=1S/C16H24N4O3S/c1-13-14(24-12-17-13)2-3-15(21)18-4-6-19(7-5-18)16(22)20-8-10-23-11-9-20/h12H,2-11H2,1H3. The summed E-state index contributed by atoms with van der Waals surface area (Å²) in [6, 6.07) is 0.0747. The number of rotatable bonds is 3. The van der Waals surface area contributed by atoms with E-state index in [2.05, 4.69) is 4.98 Å². The molecule has 0 spiro atoms. The highest BCUT2D eigenvalue weighted by molar-refractivity contribution is 7.09. The smallest absolute Gasteiger partial charge is 0.320 e. The molecule has 3 heterocycles. The molecule has 0 unspecified atom stereocenters. The molecule has 8 heteroatoms. The Morgan fingerprint density at radius 1 is 1.08 bits per heavy atom. The topological polar surface area (TPSA) is 66.0 Å². The van der Waals surface area contributed by atoms with Crippen LogP contribution in [0.4, 0.5) is 4.79 Å². The van der Waals surface area contributed by atoms with Gasteiger partial charge in [-0.3, -0.25) is 4.79 Å². The minimum absolute atomic E-state index is 0.0747. The molecule has 0 bridgehead atoms. The number of carbonyl (C=O) groups excluding carboxylic acids is 2. The summed E-state index contributed by atoms with van der Waals surface area (Å²) in [6.07, 6.45) is 1.27. The predicted octanol–water partition coefficient (Wildman–Crippen LogP) is 0.981. The summed E-state index contributed by atoms with van der Waals surface area (Å²) in [6.45, 7) is 6.99. The number of hydrogen-bond donors (Lipinski definition) is 0. The average molecular weight is 352 g/mol. The minimum atomic E-state index is 0.0747. The van der Waals surface area contributed by atoms with Crippen molar-refractivity contribution >= 4 is 23.3 Å². The molecule has 2 aliphatic heterocycles. The normalized spacial score (nSPS) is 18.8. The zero-order valence-electron chi connectivity index (χ0n) is 14.1. The van der Waals surface area contributed by atoms with Crippen LogP contribution in [0.25, 0.3) is 0 Å². The van der Waals surface area contributed by atoms with Crippen molar-refractivity contribution in [1.29, 1.82) is 0 Å². The summed E-state index contributed by atoms with van der Waals surface area (Å²) in [5.41, 5.74) is 2.85. The molecule has 0 saturated carbocycles. The lowest BCUT2D eigenvalue weighted by Gasteiger charge is -2.38. The zero-order valence-corrected chi connectivity index (χ0v) is 14.9. The van der Waals surface area contributed by atoms with Crippen LogP contribution in [0.2, 0.25) is 0 Å². The Labute approximate surface area is 146 Å². The fourth-order valence-corrected chi connectivity index (χ4v) is 3.83. The Bertz CT molecular complexity index is 578. The van der Waals surface area contributed by atoms with Crippen molar-refractivity contribution in [2.45, 2.75) is 19.8 Å². The molecule has 7 nitrogen and oxygen atoms in total. The molecule has 0 N–H and O–H groups in total. The number of thiazole rings is 1. The van der Waals surface area contributed by atoms with E-state index in [0.29, 0.717) is 58.9 Å². The van der Waals surface area contributed by atoms with Crippen LogP contribution in [-0.2, 0) is 16.0 Å². The first-order chi connectivity index (χ1) is 11.6. The van der Waals surface area contributed by atoms with Crippen LogP contribution in [0.15, 0.2) is 5.51 Å². The second-order valence-corrected chi connectivity index (χ2v) is 7.05. The Balaban J connectivity index is 1.43. The summed E-state index contributed by atoms with van der Waals surface area (Å²) < 4.78 is 5.28. The molecule has 1 aromatic rings. The molecule has 3 rings (SSSR count). The summed E-state index contributed by atoms with van der Waals surface area (Å²) >= 11 is 1.61. The van der Waals surface area contributed by atoms with E-state index in [9.17, 15) is 9.59 Å². The van der Waals surface area contributed by atoms with Gasteiger partial charge in [-0.05, 0) is 13.3 Å². The number of piperazine rings is 1. The largest absolute Gasteiger partial charge is 0.378 e. The first-order valence-corrected chi connectivity index (χ1v) is 9.31. The third kappa shape index (κ3) is 4.05. The molecule has 3 amide bonds. The SMILES string of the molecule is Cc1ncsc1CCC(=O)N1CCN(C(=O)N2CCOCC2)CC1. The van der Waals surface area contributed by atoms with Gasteiger partial charge < -0.3 is 19.4 Å². The summed E-state index contributed by atoms with van der Waals surface area (Å²) in [5.74, 6) is 0.168. The lowest BCUT2D eigenvalue weighted by molar-refractivity contribution is -0.132. The quantitative estimate of drug-likeness (QED) is 0.813. The van der Waals surface area contributed by atoms with Crippen molar-refractivity contribution in [3.8, 4) is 0 Å². The Kier molecular flexibility index (Phi) is 5.68. The maximum Gasteiger partial charge on any atom is 0.320 e. The molecule has 0 aromatic carbocycles. The third-order valence-corrected chi connectivity index (χ3v) is 5.59. The van der Waals surface area contributed by atoms with Crippen LogP contribution >= 0.6 is 11.3 Å². The van der Waals surface area contributed by atoms with Crippen molar-refractivity contribution in [3.63, 3.8) is 0 Å². The molecule has 2 fully saturated rings. The molecular formula is C16H24N4O3S. The number of hydrogen-bond acceptors (Lipinski definition) is 5. The lowest BCUT2D eigenvalue weighted by atomic mass is 10.2. The highest BCUT2D eigenvalue weighted by atomic mass is 32.1. The average Bonchev–Trinajstić information content (AvgIpc) is 3.05. The van der Waals surface area contributed by atoms with Gasteiger partial charge in [-0.25, -0.2) is 9.78 Å². The molecule has 24 heavy (non-hydrogen) atoms. The number of aromatic nitrogens is 1.